The highest BCUT2D eigenvalue weighted by molar-refractivity contribution is 7.89. The van der Waals surface area contributed by atoms with E-state index in [1.54, 1.807) is 30.3 Å². The summed E-state index contributed by atoms with van der Waals surface area (Å²) in [6.07, 6.45) is 5.99. The van der Waals surface area contributed by atoms with Crippen LogP contribution in [-0.4, -0.2) is 91.0 Å². The summed E-state index contributed by atoms with van der Waals surface area (Å²) in [6, 6.07) is 4.62. The van der Waals surface area contributed by atoms with Crippen LogP contribution >= 0.6 is 0 Å². The van der Waals surface area contributed by atoms with Gasteiger partial charge in [-0.05, 0) is 66.4 Å². The number of likely N-dealkylation sites (tertiary alicyclic amines) is 1. The highest BCUT2D eigenvalue weighted by Crippen LogP contribution is 2.65. The third-order valence-corrected chi connectivity index (χ3v) is 13.6. The lowest BCUT2D eigenvalue weighted by molar-refractivity contribution is -0.145. The van der Waals surface area contributed by atoms with Gasteiger partial charge in [0, 0.05) is 20.1 Å². The van der Waals surface area contributed by atoms with Crippen molar-refractivity contribution >= 4 is 39.6 Å². The van der Waals surface area contributed by atoms with E-state index in [9.17, 15) is 32.4 Å². The number of ketones is 1. The molecule has 1 aliphatic heterocycles. The molecule has 1 saturated heterocycles. The van der Waals surface area contributed by atoms with Crippen LogP contribution in [-0.2, 0) is 29.2 Å². The molecule has 1 aromatic rings. The predicted octanol–water partition coefficient (Wildman–Crippen LogP) is 2.55. The van der Waals surface area contributed by atoms with Gasteiger partial charge in [0.2, 0.25) is 27.6 Å². The molecule has 14 heteroatoms. The van der Waals surface area contributed by atoms with E-state index in [1.807, 2.05) is 34.6 Å². The molecule has 13 nitrogen and oxygen atoms in total. The molecule has 5 amide bonds. The summed E-state index contributed by atoms with van der Waals surface area (Å²) >= 11 is 0. The van der Waals surface area contributed by atoms with Crippen LogP contribution in [0.4, 0.5) is 4.79 Å². The number of hydrogen-bond acceptors (Lipinski definition) is 7. The SMILES string of the molecule is CN(CC1(NC(=O)N[C@H](C(=O)N2C[C@H]3[C@@H]([C@H]2C(=O)NC(C(=O)C(N)=O)C2CCC2)C3(C)C)C(C)(C)C)CCCCC1)S(=O)(=O)c1ccccc1. The maximum atomic E-state index is 14.5. The highest BCUT2D eigenvalue weighted by Gasteiger charge is 2.70. The van der Waals surface area contributed by atoms with E-state index in [0.29, 0.717) is 32.2 Å². The van der Waals surface area contributed by atoms with Crippen molar-refractivity contribution in [2.75, 3.05) is 20.1 Å². The van der Waals surface area contributed by atoms with E-state index in [-0.39, 0.29) is 34.6 Å². The van der Waals surface area contributed by atoms with Gasteiger partial charge in [-0.2, -0.15) is 4.31 Å². The fourth-order valence-corrected chi connectivity index (χ4v) is 9.71. The number of likely N-dealkylation sites (N-methyl/N-ethyl adjacent to an activating group) is 1. The third-order valence-electron chi connectivity index (χ3n) is 11.8. The minimum Gasteiger partial charge on any atom is -0.363 e. The zero-order valence-corrected chi connectivity index (χ0v) is 31.0. The zero-order chi connectivity index (χ0) is 36.8. The summed E-state index contributed by atoms with van der Waals surface area (Å²) in [6.45, 7) is 9.97. The van der Waals surface area contributed by atoms with Gasteiger partial charge < -0.3 is 26.6 Å². The number of nitrogens with two attached hydrogens (primary N) is 1. The molecular weight excluding hydrogens is 660 g/mol. The van der Waals surface area contributed by atoms with Gasteiger partial charge in [-0.1, -0.05) is 78.5 Å². The molecule has 0 radical (unpaired) electrons. The minimum atomic E-state index is -3.81. The van der Waals surface area contributed by atoms with Crippen molar-refractivity contribution in [2.45, 2.75) is 115 Å². The van der Waals surface area contributed by atoms with Crippen molar-refractivity contribution in [3.05, 3.63) is 30.3 Å². The van der Waals surface area contributed by atoms with Gasteiger partial charge >= 0.3 is 6.03 Å². The smallest absolute Gasteiger partial charge is 0.315 e. The van der Waals surface area contributed by atoms with Gasteiger partial charge in [0.25, 0.3) is 5.91 Å². The molecule has 3 saturated carbocycles. The molecule has 0 bridgehead atoms. The minimum absolute atomic E-state index is 0.0539. The fraction of sp³-hybridized carbons (Fsp3) is 0.694. The van der Waals surface area contributed by atoms with Crippen molar-refractivity contribution in [3.8, 4) is 0 Å². The number of nitrogens with zero attached hydrogens (tertiary/aromatic N) is 2. The van der Waals surface area contributed by atoms with Crippen molar-refractivity contribution in [1.82, 2.24) is 25.2 Å². The van der Waals surface area contributed by atoms with Crippen LogP contribution < -0.4 is 21.7 Å². The molecule has 3 aliphatic carbocycles. The van der Waals surface area contributed by atoms with E-state index >= 15 is 0 Å². The van der Waals surface area contributed by atoms with Crippen molar-refractivity contribution < 1.29 is 32.4 Å². The molecule has 5 rings (SSSR count). The predicted molar refractivity (Wildman–Crippen MR) is 187 cm³/mol. The fourth-order valence-electron chi connectivity index (χ4n) is 8.43. The number of benzene rings is 1. The number of carbonyl (C=O) groups excluding carboxylic acids is 5. The number of urea groups is 1. The quantitative estimate of drug-likeness (QED) is 0.240. The molecular formula is C36H54N6O7S. The molecule has 4 fully saturated rings. The number of hydrogen-bond donors (Lipinski definition) is 4. The van der Waals surface area contributed by atoms with E-state index < -0.39 is 68.6 Å². The largest absolute Gasteiger partial charge is 0.363 e. The van der Waals surface area contributed by atoms with Crippen molar-refractivity contribution in [3.63, 3.8) is 0 Å². The average molecular weight is 715 g/mol. The first-order valence-corrected chi connectivity index (χ1v) is 19.3. The molecule has 0 aromatic heterocycles. The van der Waals surface area contributed by atoms with Gasteiger partial charge in [0.05, 0.1) is 10.4 Å². The summed E-state index contributed by atoms with van der Waals surface area (Å²) in [5.41, 5.74) is 3.52. The van der Waals surface area contributed by atoms with E-state index in [0.717, 1.165) is 25.7 Å². The summed E-state index contributed by atoms with van der Waals surface area (Å²) in [5, 5.41) is 8.80. The van der Waals surface area contributed by atoms with Crippen molar-refractivity contribution in [2.24, 2.45) is 34.3 Å². The van der Waals surface area contributed by atoms with Gasteiger partial charge in [-0.3, -0.25) is 19.2 Å². The monoisotopic (exact) mass is 714 g/mol. The van der Waals surface area contributed by atoms with Gasteiger partial charge in [-0.25, -0.2) is 13.2 Å². The Hall–Kier alpha value is -3.52. The summed E-state index contributed by atoms with van der Waals surface area (Å²) < 4.78 is 28.1. The second-order valence-electron chi connectivity index (χ2n) is 16.6. The van der Waals surface area contributed by atoms with E-state index in [4.69, 9.17) is 5.73 Å². The van der Waals surface area contributed by atoms with Crippen LogP contribution in [0.15, 0.2) is 35.2 Å². The molecule has 50 heavy (non-hydrogen) atoms. The standard InChI is InChI=1S/C36H54N6O7S/c1-34(2,3)29(39-33(47)40-36(18-11-8-12-19-36)21-41(6)50(48,49)23-16-9-7-10-17-23)32(46)42-20-24-25(35(24,4)5)27(42)31(45)38-26(22-14-13-15-22)28(43)30(37)44/h7,9-10,16-17,22,24-27,29H,8,11-15,18-21H2,1-6H3,(H2,37,44)(H,38,45)(H2,39,40,47)/t24-,25-,26?,27-,29+/m0/s1. The van der Waals surface area contributed by atoms with Crippen LogP contribution in [0.25, 0.3) is 0 Å². The number of amides is 5. The first-order valence-electron chi connectivity index (χ1n) is 17.8. The lowest BCUT2D eigenvalue weighted by atomic mass is 9.78. The number of sulfonamides is 1. The second kappa shape index (κ2) is 13.9. The molecule has 1 heterocycles. The van der Waals surface area contributed by atoms with E-state index in [1.165, 1.54) is 16.3 Å². The number of piperidine rings is 1. The van der Waals surface area contributed by atoms with E-state index in [2.05, 4.69) is 16.0 Å². The molecule has 4 aliphatic rings. The van der Waals surface area contributed by atoms with Gasteiger partial charge in [0.1, 0.15) is 18.1 Å². The Morgan fingerprint density at radius 1 is 0.980 bits per heavy atom. The molecule has 5 atom stereocenters. The van der Waals surface area contributed by atoms with Crippen LogP contribution in [0.3, 0.4) is 0 Å². The van der Waals surface area contributed by atoms with Gasteiger partial charge in [-0.15, -0.1) is 0 Å². The van der Waals surface area contributed by atoms with Crippen LogP contribution in [0.1, 0.15) is 86.0 Å². The highest BCUT2D eigenvalue weighted by atomic mass is 32.2. The Bertz CT molecular complexity index is 1600. The Balaban J connectivity index is 1.34. The topological polar surface area (TPSA) is 188 Å². The zero-order valence-electron chi connectivity index (χ0n) is 30.2. The number of rotatable bonds is 12. The first-order chi connectivity index (χ1) is 23.3. The average Bonchev–Trinajstić information content (AvgIpc) is 3.32. The Morgan fingerprint density at radius 3 is 2.14 bits per heavy atom. The molecule has 1 aromatic carbocycles. The maximum absolute atomic E-state index is 14.5. The van der Waals surface area contributed by atoms with Crippen LogP contribution in [0, 0.1) is 28.6 Å². The van der Waals surface area contributed by atoms with Crippen LogP contribution in [0.5, 0.6) is 0 Å². The molecule has 0 spiro atoms. The second-order valence-corrected chi connectivity index (χ2v) is 18.7. The van der Waals surface area contributed by atoms with Gasteiger partial charge in [0.15, 0.2) is 0 Å². The number of primary amides is 1. The number of fused-ring (bicyclic) bond motifs is 1. The third kappa shape index (κ3) is 7.42. The van der Waals surface area contributed by atoms with Crippen molar-refractivity contribution in [1.29, 1.82) is 0 Å². The lowest BCUT2D eigenvalue weighted by Gasteiger charge is -2.42. The normalized spacial score (nSPS) is 25.4. The molecule has 276 valence electrons. The number of carbonyl (C=O) groups is 5. The van der Waals surface area contributed by atoms with Crippen LogP contribution in [0.2, 0.25) is 0 Å². The first kappa shape index (κ1) is 37.7. The molecule has 1 unspecified atom stereocenters. The maximum Gasteiger partial charge on any atom is 0.315 e. The summed E-state index contributed by atoms with van der Waals surface area (Å²) in [4.78, 5) is 68.6. The Kier molecular flexibility index (Phi) is 10.5. The summed E-state index contributed by atoms with van der Waals surface area (Å²) in [7, 11) is -2.30. The summed E-state index contributed by atoms with van der Waals surface area (Å²) in [5.74, 6) is -3.14. The molecule has 5 N–H and O–H groups in total. The Morgan fingerprint density at radius 2 is 1.60 bits per heavy atom. The number of Topliss-reactive ketones (excluding diaryl/α,β-unsaturated/α-hetero) is 1. The Labute approximate surface area is 295 Å². The lowest BCUT2D eigenvalue weighted by Crippen LogP contribution is -2.64. The number of nitrogens with one attached hydrogen (secondary N) is 3.